The van der Waals surface area contributed by atoms with E-state index < -0.39 is 23.2 Å². The average Bonchev–Trinajstić information content (AvgIpc) is 1.85. The summed E-state index contributed by atoms with van der Waals surface area (Å²) in [5.41, 5.74) is 10.8. The predicted octanol–water partition coefficient (Wildman–Crippen LogP) is 26.8. The second-order valence-corrected chi connectivity index (χ2v) is 56.8. The zero-order chi connectivity index (χ0) is 82.2. The Hall–Kier alpha value is -2.00. The van der Waals surface area contributed by atoms with Gasteiger partial charge in [-0.2, -0.15) is 11.7 Å². The number of nitriles is 1. The Morgan fingerprint density at radius 1 is 0.477 bits per heavy atom. The van der Waals surface area contributed by atoms with Crippen molar-refractivity contribution < 1.29 is 47.3 Å². The summed E-state index contributed by atoms with van der Waals surface area (Å²) in [6, 6.07) is 2.01. The minimum Gasteiger partial charge on any atom is -0.512 e. The maximum atomic E-state index is 10.4. The number of aryl methyl sites for hydroxylation is 3. The Balaban J connectivity index is -0.000000269. The number of unbranched alkanes of at least 4 members (excludes halogenated alkanes) is 4. The number of thiazole rings is 10. The molecule has 0 aromatic carbocycles. The van der Waals surface area contributed by atoms with Crippen LogP contribution in [0.25, 0.3) is 0 Å². The van der Waals surface area contributed by atoms with E-state index in [2.05, 4.69) is 229 Å². The smallest absolute Gasteiger partial charge is 0.512 e. The number of hydrogen-bond donors (Lipinski definition) is 3. The standard InChI is InChI=1S/C7H8N2S.C7H9NO2S.2C7H11NS.2C6H8BrNS.2C6H10N2S.C4H5NS.4C4H9.C3H2BrNS.CN.ClH.Cu.Li.Sn/c1-5(2)6-4-9-7(3-8)10-6;1-4(2)5-3-8-6(11-5)7(9)10;2*1-5(2)7-4-8-6(3)9-7;4*1-4(2)5-3-8-6(7)9-5;1-4-5-2-3-6-4;4*1-3-4-2;4-3-5-1-2-6-3;1-2;;;;/h4-5H,1-2H3;3-4H,1-2H3,(H,9,10);2*4-5H,1-3H3;2*3-4H,1-2H3;2*3-4H,1-2H3,(H2,7,8);2-3H,1H3;4*1,3-4H2,2H3;1-2H;;1H;;;/q;;;;;;;;;;;;-1;;-1;;3*+1. The zero-order valence-electron chi connectivity index (χ0n) is 69.3. The fourth-order valence-electron chi connectivity index (χ4n) is 7.10. The Labute approximate surface area is 752 Å². The van der Waals surface area contributed by atoms with E-state index in [1.54, 1.807) is 115 Å². The van der Waals surface area contributed by atoms with E-state index in [0.29, 0.717) is 62.6 Å². The Morgan fingerprint density at radius 3 is 0.936 bits per heavy atom. The average molecular weight is 2050 g/mol. The van der Waals surface area contributed by atoms with Gasteiger partial charge in [-0.15, -0.1) is 113 Å². The number of halogens is 4. The molecule has 0 bridgehead atoms. The second-order valence-electron chi connectivity index (χ2n) is 25.7. The number of aromatic carboxylic acids is 1. The fourth-order valence-corrected chi connectivity index (χ4v) is 28.7. The van der Waals surface area contributed by atoms with Gasteiger partial charge in [0.05, 0.1) is 15.0 Å². The van der Waals surface area contributed by atoms with Crippen LogP contribution in [0.3, 0.4) is 0 Å². The molecule has 0 radical (unpaired) electrons. The summed E-state index contributed by atoms with van der Waals surface area (Å²) in [6.07, 6.45) is 28.8. The van der Waals surface area contributed by atoms with E-state index in [9.17, 15) is 4.79 Å². The first kappa shape index (κ1) is 116. The number of carboxylic acids is 1. The molecule has 0 aliphatic heterocycles. The Bertz CT molecular complexity index is 3400. The monoisotopic (exact) mass is 2040 g/mol. The number of carboxylic acid groups (broad SMARTS) is 1. The quantitative estimate of drug-likeness (QED) is 0.0502. The molecule has 0 aliphatic carbocycles. The van der Waals surface area contributed by atoms with Crippen molar-refractivity contribution in [2.75, 3.05) is 11.5 Å². The van der Waals surface area contributed by atoms with Gasteiger partial charge >= 0.3 is 142 Å². The van der Waals surface area contributed by atoms with Crippen molar-refractivity contribution in [1.82, 2.24) is 49.8 Å². The van der Waals surface area contributed by atoms with Crippen LogP contribution in [-0.4, -0.2) is 78.2 Å². The summed E-state index contributed by atoms with van der Waals surface area (Å²) in [5.74, 6) is 3.50. The summed E-state index contributed by atoms with van der Waals surface area (Å²) >= 11 is 23.8. The minimum atomic E-state index is -2.09. The van der Waals surface area contributed by atoms with Crippen LogP contribution in [-0.2, 0) is 17.1 Å². The van der Waals surface area contributed by atoms with Gasteiger partial charge in [0.1, 0.15) is 6.07 Å². The summed E-state index contributed by atoms with van der Waals surface area (Å²) in [4.78, 5) is 60.3. The molecule has 0 amide bonds. The number of hydrogen-bond acceptors (Lipinski definition) is 25. The first-order valence-electron chi connectivity index (χ1n) is 35.6. The van der Waals surface area contributed by atoms with E-state index in [1.807, 2.05) is 88.6 Å². The van der Waals surface area contributed by atoms with Crippen LogP contribution in [0, 0.1) is 50.9 Å². The van der Waals surface area contributed by atoms with E-state index in [4.69, 9.17) is 42.6 Å². The molecule has 0 fully saturated rings. The molecule has 0 saturated carbocycles. The minimum absolute atomic E-state index is 0. The summed E-state index contributed by atoms with van der Waals surface area (Å²) < 4.78 is 7.17. The van der Waals surface area contributed by atoms with Crippen molar-refractivity contribution in [3.05, 3.63) is 162 Å². The molecule has 16 nitrogen and oxygen atoms in total. The molecule has 33 heteroatoms. The van der Waals surface area contributed by atoms with Gasteiger partial charge in [-0.25, -0.2) is 49.7 Å². The van der Waals surface area contributed by atoms with Gasteiger partial charge in [0.15, 0.2) is 27.0 Å². The van der Waals surface area contributed by atoms with E-state index >= 15 is 0 Å². The third-order valence-corrected chi connectivity index (χ3v) is 40.7. The number of nitrogens with two attached hydrogens (primary N) is 2. The van der Waals surface area contributed by atoms with Crippen molar-refractivity contribution in [2.45, 2.75) is 271 Å². The number of rotatable bonds is 19. The molecule has 0 unspecified atom stereocenters. The topological polar surface area (TPSA) is 266 Å². The van der Waals surface area contributed by atoms with Crippen molar-refractivity contribution in [1.29, 1.82) is 10.5 Å². The SMILES string of the molecule is Brc1nccs1.CC(C)c1cnc(Br)s1.CC(C)c1cnc(Br)s1.CC(C)c1cnc(C#N)s1.CC(C)c1cnc(C(=O)O)s1.CC(C)c1cnc(N)s1.CC(C)c1cnc(N)s1.CCC[CH2][Sn]([Cl])([CH2]CCC)[CH2]CCC.Cc1ncc(C(C)C)s1.Cc1ncc(C(C)C)s1.Cc1nccs1.[C-]#N.[CH2-]CCC.[Cu+].[H+].[Li+]. The third kappa shape index (κ3) is 60.2. The first-order chi connectivity index (χ1) is 50.4. The van der Waals surface area contributed by atoms with E-state index in [-0.39, 0.29) is 42.4 Å². The Kier molecular flexibility index (Phi) is 74.4. The van der Waals surface area contributed by atoms with Crippen LogP contribution in [0.2, 0.25) is 13.3 Å². The molecule has 10 rings (SSSR count). The molecule has 0 saturated heterocycles. The molecule has 0 atom stereocenters. The summed E-state index contributed by atoms with van der Waals surface area (Å²) in [6.45, 7) is 57.5. The molecular formula is C76H119Br3ClCuLiN14O2S10Sn+. The van der Waals surface area contributed by atoms with Gasteiger partial charge in [0.2, 0.25) is 5.01 Å². The van der Waals surface area contributed by atoms with Gasteiger partial charge in [-0.3, -0.25) is 4.98 Å². The largest absolute Gasteiger partial charge is 1.00 e. The molecular weight excluding hydrogens is 1930 g/mol. The van der Waals surface area contributed by atoms with Crippen molar-refractivity contribution in [3.8, 4) is 6.07 Å². The van der Waals surface area contributed by atoms with Gasteiger partial charge < -0.3 is 35.3 Å². The summed E-state index contributed by atoms with van der Waals surface area (Å²) in [7, 11) is 6.89. The number of aromatic nitrogens is 10. The maximum Gasteiger partial charge on any atom is 1.00 e. The fraction of sp³-hybridized carbons (Fsp3) is 0.553. The van der Waals surface area contributed by atoms with E-state index in [1.165, 1.54) is 125 Å². The first-order valence-corrected chi connectivity index (χ1v) is 55.9. The van der Waals surface area contributed by atoms with E-state index in [0.717, 1.165) is 28.1 Å². The van der Waals surface area contributed by atoms with Gasteiger partial charge in [-0.05, 0) is 116 Å². The predicted molar refractivity (Wildman–Crippen MR) is 489 cm³/mol. The maximum absolute atomic E-state index is 10.4. The molecule has 10 aromatic rings. The van der Waals surface area contributed by atoms with Crippen molar-refractivity contribution in [2.24, 2.45) is 0 Å². The molecule has 10 aromatic heterocycles. The summed E-state index contributed by atoms with van der Waals surface area (Å²) in [5, 5.41) is 32.6. The Morgan fingerprint density at radius 2 is 0.780 bits per heavy atom. The van der Waals surface area contributed by atoms with Crippen molar-refractivity contribution in [3.63, 3.8) is 0 Å². The molecule has 0 aliphatic rings. The van der Waals surface area contributed by atoms with Crippen LogP contribution in [0.4, 0.5) is 10.3 Å². The molecule has 608 valence electrons. The zero-order valence-corrected chi connectivity index (χ0v) is 85.8. The number of nitrogen functional groups attached to an aromatic ring is 2. The number of anilines is 2. The van der Waals surface area contributed by atoms with Crippen LogP contribution in [0.15, 0.2) is 84.5 Å². The molecule has 5 N–H and O–H groups in total. The van der Waals surface area contributed by atoms with Gasteiger partial charge in [0, 0.05) is 112 Å². The van der Waals surface area contributed by atoms with Gasteiger partial charge in [-0.1, -0.05) is 124 Å². The number of carbonyl (C=O) groups is 1. The number of nitrogens with zero attached hydrogens (tertiary/aromatic N) is 12. The molecule has 10 heterocycles. The van der Waals surface area contributed by atoms with Gasteiger partial charge in [0.25, 0.3) is 0 Å². The van der Waals surface area contributed by atoms with Crippen LogP contribution in [0.5, 0.6) is 0 Å². The third-order valence-electron chi connectivity index (χ3n) is 13.5. The van der Waals surface area contributed by atoms with Crippen LogP contribution in [0.1, 0.15) is 307 Å². The molecule has 0 spiro atoms. The normalized spacial score (nSPS) is 10.0. The second kappa shape index (κ2) is 70.2. The van der Waals surface area contributed by atoms with Crippen LogP contribution < -0.4 is 30.3 Å². The van der Waals surface area contributed by atoms with Crippen LogP contribution >= 0.6 is 170 Å². The van der Waals surface area contributed by atoms with Crippen molar-refractivity contribution >= 4 is 204 Å². The molecule has 109 heavy (non-hydrogen) atoms.